The van der Waals surface area contributed by atoms with Gasteiger partial charge in [-0.3, -0.25) is 9.48 Å². The molecular weight excluding hydrogens is 392 g/mol. The molecule has 1 amide bonds. The smallest absolute Gasteiger partial charge is 0.253 e. The molecule has 8 heteroatoms. The minimum atomic E-state index is -1.22. The molecule has 0 radical (unpaired) electrons. The molecule has 0 fully saturated rings. The van der Waals surface area contributed by atoms with Crippen molar-refractivity contribution in [2.75, 3.05) is 18.7 Å². The number of nitrogens with one attached hydrogen (secondary N) is 1. The molecule has 3 rings (SSSR count). The Morgan fingerprint density at radius 2 is 2.03 bits per heavy atom. The van der Waals surface area contributed by atoms with Crippen LogP contribution >= 0.6 is 0 Å². The Balaban J connectivity index is 1.73. The lowest BCUT2D eigenvalue weighted by molar-refractivity contribution is -0.113. The molecule has 0 aliphatic heterocycles. The summed E-state index contributed by atoms with van der Waals surface area (Å²) in [5.74, 6) is 0.264. The predicted octanol–water partition coefficient (Wildman–Crippen LogP) is 3.79. The van der Waals surface area contributed by atoms with E-state index in [1.807, 2.05) is 37.3 Å². The number of alkyl halides is 2. The van der Waals surface area contributed by atoms with E-state index in [4.69, 9.17) is 9.47 Å². The largest absolute Gasteiger partial charge is 0.485 e. The number of aryl methyl sites for hydroxylation is 2. The molecule has 0 saturated carbocycles. The first-order valence-electron chi connectivity index (χ1n) is 9.67. The second-order valence-electron chi connectivity index (χ2n) is 7.07. The molecule has 1 aromatic carbocycles. The van der Waals surface area contributed by atoms with Crippen LogP contribution in [-0.4, -0.2) is 41.2 Å². The summed E-state index contributed by atoms with van der Waals surface area (Å²) in [5.41, 5.74) is 2.25. The molecule has 30 heavy (non-hydrogen) atoms. The van der Waals surface area contributed by atoms with Crippen LogP contribution < -0.4 is 5.32 Å². The topological polar surface area (TPSA) is 65.4 Å². The standard InChI is InChI=1S/C22H25F2N3O3/c1-15-8-21(26-27(15)2)25-22(28)17-9-18(29-14-16-6-4-3-5-7-16)11-19(10-17)30-20(12-23)13-24/h3-8,10-11,18,20H,9,12-14H2,1-2H3,(H,25,26,28). The van der Waals surface area contributed by atoms with Crippen LogP contribution in [0.5, 0.6) is 0 Å². The van der Waals surface area contributed by atoms with E-state index in [-0.39, 0.29) is 11.7 Å². The molecule has 0 saturated heterocycles. The number of anilines is 1. The minimum Gasteiger partial charge on any atom is -0.485 e. The fourth-order valence-electron chi connectivity index (χ4n) is 2.97. The molecule has 1 heterocycles. The Labute approximate surface area is 174 Å². The maximum Gasteiger partial charge on any atom is 0.253 e. The van der Waals surface area contributed by atoms with E-state index in [0.29, 0.717) is 24.4 Å². The van der Waals surface area contributed by atoms with Gasteiger partial charge in [0.25, 0.3) is 5.91 Å². The third-order valence-electron chi connectivity index (χ3n) is 4.69. The summed E-state index contributed by atoms with van der Waals surface area (Å²) in [4.78, 5) is 12.8. The Morgan fingerprint density at radius 3 is 2.67 bits per heavy atom. The van der Waals surface area contributed by atoms with Gasteiger partial charge < -0.3 is 14.8 Å². The first kappa shape index (κ1) is 21.7. The summed E-state index contributed by atoms with van der Waals surface area (Å²) in [6.45, 7) is 0.274. The van der Waals surface area contributed by atoms with Gasteiger partial charge in [0, 0.05) is 30.8 Å². The van der Waals surface area contributed by atoms with Gasteiger partial charge >= 0.3 is 0 Å². The van der Waals surface area contributed by atoms with Gasteiger partial charge in [0.15, 0.2) is 11.9 Å². The zero-order valence-corrected chi connectivity index (χ0v) is 17.0. The summed E-state index contributed by atoms with van der Waals surface area (Å²) in [6, 6.07) is 11.3. The highest BCUT2D eigenvalue weighted by molar-refractivity contribution is 6.03. The van der Waals surface area contributed by atoms with Gasteiger partial charge in [-0.25, -0.2) is 8.78 Å². The Morgan fingerprint density at radius 1 is 1.30 bits per heavy atom. The van der Waals surface area contributed by atoms with Crippen molar-refractivity contribution in [1.29, 1.82) is 0 Å². The van der Waals surface area contributed by atoms with Crippen molar-refractivity contribution < 1.29 is 23.0 Å². The van der Waals surface area contributed by atoms with Crippen molar-refractivity contribution in [3.63, 3.8) is 0 Å². The molecule has 1 aromatic heterocycles. The number of hydrogen-bond acceptors (Lipinski definition) is 4. The number of rotatable bonds is 9. The number of ether oxygens (including phenoxy) is 2. The zero-order chi connectivity index (χ0) is 21.5. The van der Waals surface area contributed by atoms with Crippen LogP contribution in [0.1, 0.15) is 17.7 Å². The van der Waals surface area contributed by atoms with Crippen LogP contribution in [0.4, 0.5) is 14.6 Å². The number of benzene rings is 1. The number of aromatic nitrogens is 2. The van der Waals surface area contributed by atoms with Crippen molar-refractivity contribution in [1.82, 2.24) is 9.78 Å². The number of nitrogens with zero attached hydrogens (tertiary/aromatic N) is 2. The van der Waals surface area contributed by atoms with Gasteiger partial charge in [0.2, 0.25) is 0 Å². The molecule has 1 atom stereocenters. The van der Waals surface area contributed by atoms with Crippen molar-refractivity contribution in [3.8, 4) is 0 Å². The fourth-order valence-corrected chi connectivity index (χ4v) is 2.97. The molecule has 0 bridgehead atoms. The molecular formula is C22H25F2N3O3. The number of carbonyl (C=O) groups is 1. The maximum atomic E-state index is 12.9. The van der Waals surface area contributed by atoms with E-state index in [2.05, 4.69) is 10.4 Å². The first-order chi connectivity index (χ1) is 14.5. The number of hydrogen-bond donors (Lipinski definition) is 1. The molecule has 0 spiro atoms. The van der Waals surface area contributed by atoms with Crippen molar-refractivity contribution in [3.05, 3.63) is 71.1 Å². The van der Waals surface area contributed by atoms with Gasteiger partial charge in [0.05, 0.1) is 12.7 Å². The number of amides is 1. The summed E-state index contributed by atoms with van der Waals surface area (Å²) < 4.78 is 38.8. The second-order valence-corrected chi connectivity index (χ2v) is 7.07. The average Bonchev–Trinajstić information content (AvgIpc) is 3.07. The van der Waals surface area contributed by atoms with E-state index in [1.54, 1.807) is 23.9 Å². The third kappa shape index (κ3) is 5.76. The van der Waals surface area contributed by atoms with Crippen LogP contribution in [0.3, 0.4) is 0 Å². The van der Waals surface area contributed by atoms with Gasteiger partial charge in [-0.1, -0.05) is 30.3 Å². The molecule has 1 aliphatic rings. The van der Waals surface area contributed by atoms with Gasteiger partial charge in [-0.2, -0.15) is 5.10 Å². The molecule has 6 nitrogen and oxygen atoms in total. The van der Waals surface area contributed by atoms with Crippen molar-refractivity contribution in [2.24, 2.45) is 7.05 Å². The van der Waals surface area contributed by atoms with Crippen LogP contribution in [0.15, 0.2) is 59.9 Å². The highest BCUT2D eigenvalue weighted by Crippen LogP contribution is 2.24. The number of carbonyl (C=O) groups excluding carboxylic acids is 1. The molecule has 1 unspecified atom stereocenters. The van der Waals surface area contributed by atoms with Crippen LogP contribution in [-0.2, 0) is 27.9 Å². The lowest BCUT2D eigenvalue weighted by atomic mass is 10.0. The average molecular weight is 417 g/mol. The Kier molecular flexibility index (Phi) is 7.35. The molecule has 160 valence electrons. The summed E-state index contributed by atoms with van der Waals surface area (Å²) in [6.07, 6.45) is 1.74. The predicted molar refractivity (Wildman–Crippen MR) is 109 cm³/mol. The molecule has 2 aromatic rings. The lowest BCUT2D eigenvalue weighted by Crippen LogP contribution is -2.25. The highest BCUT2D eigenvalue weighted by Gasteiger charge is 2.24. The lowest BCUT2D eigenvalue weighted by Gasteiger charge is -2.23. The second kappa shape index (κ2) is 10.2. The van der Waals surface area contributed by atoms with E-state index in [0.717, 1.165) is 11.3 Å². The van der Waals surface area contributed by atoms with Crippen LogP contribution in [0.25, 0.3) is 0 Å². The fraction of sp³-hybridized carbons (Fsp3) is 0.364. The highest BCUT2D eigenvalue weighted by atomic mass is 19.1. The minimum absolute atomic E-state index is 0.210. The van der Waals surface area contributed by atoms with Gasteiger partial charge in [-0.15, -0.1) is 0 Å². The van der Waals surface area contributed by atoms with Gasteiger partial charge in [0.1, 0.15) is 19.1 Å². The van der Waals surface area contributed by atoms with E-state index >= 15 is 0 Å². The first-order valence-corrected chi connectivity index (χ1v) is 9.67. The number of allylic oxidation sites excluding steroid dienone is 1. The van der Waals surface area contributed by atoms with E-state index in [9.17, 15) is 13.6 Å². The zero-order valence-electron chi connectivity index (χ0n) is 17.0. The quantitative estimate of drug-likeness (QED) is 0.674. The summed E-state index contributed by atoms with van der Waals surface area (Å²) in [5, 5.41) is 6.96. The summed E-state index contributed by atoms with van der Waals surface area (Å²) >= 11 is 0. The van der Waals surface area contributed by atoms with Crippen molar-refractivity contribution >= 4 is 11.7 Å². The van der Waals surface area contributed by atoms with Crippen molar-refractivity contribution in [2.45, 2.75) is 32.2 Å². The van der Waals surface area contributed by atoms with Crippen LogP contribution in [0.2, 0.25) is 0 Å². The van der Waals surface area contributed by atoms with E-state index < -0.39 is 25.6 Å². The van der Waals surface area contributed by atoms with Crippen LogP contribution in [0, 0.1) is 6.92 Å². The molecule has 1 aliphatic carbocycles. The summed E-state index contributed by atoms with van der Waals surface area (Å²) in [7, 11) is 1.78. The monoisotopic (exact) mass is 417 g/mol. The Bertz CT molecular complexity index is 901. The van der Waals surface area contributed by atoms with E-state index in [1.165, 1.54) is 6.08 Å². The SMILES string of the molecule is Cc1cc(NC(=O)C2=CC(OC(CF)CF)=CC(OCc3ccccc3)C2)nn1C. The third-order valence-corrected chi connectivity index (χ3v) is 4.69. The maximum absolute atomic E-state index is 12.9. The normalized spacial score (nSPS) is 16.2. The molecule has 1 N–H and O–H groups in total. The number of halogens is 2. The van der Waals surface area contributed by atoms with Gasteiger partial charge in [-0.05, 0) is 24.6 Å². The Hall–Kier alpha value is -3.00.